The van der Waals surface area contributed by atoms with Gasteiger partial charge in [0.1, 0.15) is 5.69 Å². The van der Waals surface area contributed by atoms with Crippen molar-refractivity contribution >= 4 is 23.5 Å². The van der Waals surface area contributed by atoms with Gasteiger partial charge in [-0.25, -0.2) is 0 Å². The van der Waals surface area contributed by atoms with E-state index in [-0.39, 0.29) is 18.4 Å². The van der Waals surface area contributed by atoms with Gasteiger partial charge in [-0.15, -0.1) is 0 Å². The molecule has 0 bridgehead atoms. The molecule has 1 aromatic rings. The summed E-state index contributed by atoms with van der Waals surface area (Å²) in [5.41, 5.74) is 0.322. The first-order chi connectivity index (χ1) is 7.91. The van der Waals surface area contributed by atoms with Gasteiger partial charge in [0.05, 0.1) is 10.9 Å². The molecule has 1 rings (SSSR count). The number of aromatic nitrogens is 1. The van der Waals surface area contributed by atoms with E-state index in [4.69, 9.17) is 16.7 Å². The molecule has 3 N–H and O–H groups in total. The molecule has 0 spiro atoms. The number of carboxylic acids is 1. The topological polar surface area (TPSA) is 82.2 Å². The lowest BCUT2D eigenvalue weighted by Gasteiger charge is -2.16. The van der Waals surface area contributed by atoms with Crippen molar-refractivity contribution in [2.24, 2.45) is 11.8 Å². The minimum atomic E-state index is -0.912. The second-order valence-electron chi connectivity index (χ2n) is 4.13. The average molecular weight is 259 g/mol. The quantitative estimate of drug-likeness (QED) is 0.753. The molecule has 1 heterocycles. The monoisotopic (exact) mass is 258 g/mol. The van der Waals surface area contributed by atoms with E-state index in [9.17, 15) is 9.59 Å². The average Bonchev–Trinajstić information content (AvgIpc) is 2.63. The fourth-order valence-electron chi connectivity index (χ4n) is 1.41. The number of aliphatic carboxylic acids is 1. The van der Waals surface area contributed by atoms with Gasteiger partial charge in [0.25, 0.3) is 5.91 Å². The van der Waals surface area contributed by atoms with Gasteiger partial charge in [0, 0.05) is 12.7 Å². The third-order valence-corrected chi connectivity index (χ3v) is 2.72. The Balaban J connectivity index is 2.55. The number of rotatable bonds is 5. The molecule has 0 radical (unpaired) electrons. The van der Waals surface area contributed by atoms with Crippen molar-refractivity contribution in [3.8, 4) is 0 Å². The predicted molar refractivity (Wildman–Crippen MR) is 64.1 cm³/mol. The Morgan fingerprint density at radius 3 is 2.59 bits per heavy atom. The van der Waals surface area contributed by atoms with Crippen LogP contribution in [0.3, 0.4) is 0 Å². The van der Waals surface area contributed by atoms with Gasteiger partial charge in [-0.2, -0.15) is 0 Å². The SMILES string of the molecule is CC(C)C(CNC(=O)c1cc(Cl)c[nH]1)C(=O)O. The molecule has 0 saturated carbocycles. The van der Waals surface area contributed by atoms with Gasteiger partial charge in [0.2, 0.25) is 0 Å². The third-order valence-electron chi connectivity index (χ3n) is 2.50. The van der Waals surface area contributed by atoms with E-state index in [2.05, 4.69) is 10.3 Å². The first-order valence-electron chi connectivity index (χ1n) is 5.26. The summed E-state index contributed by atoms with van der Waals surface area (Å²) in [6.07, 6.45) is 1.49. The van der Waals surface area contributed by atoms with Crippen molar-refractivity contribution < 1.29 is 14.7 Å². The van der Waals surface area contributed by atoms with Crippen molar-refractivity contribution in [1.29, 1.82) is 0 Å². The van der Waals surface area contributed by atoms with Gasteiger partial charge < -0.3 is 15.4 Å². The molecule has 1 unspecified atom stereocenters. The van der Waals surface area contributed by atoms with Gasteiger partial charge in [-0.1, -0.05) is 25.4 Å². The van der Waals surface area contributed by atoms with Crippen LogP contribution in [0.4, 0.5) is 0 Å². The lowest BCUT2D eigenvalue weighted by Crippen LogP contribution is -2.35. The fraction of sp³-hybridized carbons (Fsp3) is 0.455. The molecule has 1 atom stereocenters. The highest BCUT2D eigenvalue weighted by molar-refractivity contribution is 6.30. The van der Waals surface area contributed by atoms with E-state index in [1.54, 1.807) is 13.8 Å². The predicted octanol–water partition coefficient (Wildman–Crippen LogP) is 1.75. The minimum absolute atomic E-state index is 0.0416. The van der Waals surface area contributed by atoms with E-state index in [1.807, 2.05) is 0 Å². The van der Waals surface area contributed by atoms with Gasteiger partial charge in [0.15, 0.2) is 0 Å². The number of aromatic amines is 1. The zero-order valence-corrected chi connectivity index (χ0v) is 10.4. The zero-order chi connectivity index (χ0) is 13.0. The van der Waals surface area contributed by atoms with Crippen LogP contribution in [0.25, 0.3) is 0 Å². The highest BCUT2D eigenvalue weighted by Crippen LogP contribution is 2.11. The second kappa shape index (κ2) is 5.72. The Bertz CT molecular complexity index is 415. The molecule has 0 aliphatic rings. The summed E-state index contributed by atoms with van der Waals surface area (Å²) in [7, 11) is 0. The first kappa shape index (κ1) is 13.6. The van der Waals surface area contributed by atoms with Crippen LogP contribution >= 0.6 is 11.6 Å². The number of hydrogen-bond acceptors (Lipinski definition) is 2. The Morgan fingerprint density at radius 1 is 1.53 bits per heavy atom. The van der Waals surface area contributed by atoms with Crippen LogP contribution in [0, 0.1) is 11.8 Å². The summed E-state index contributed by atoms with van der Waals surface area (Å²) < 4.78 is 0. The van der Waals surface area contributed by atoms with E-state index >= 15 is 0 Å². The summed E-state index contributed by atoms with van der Waals surface area (Å²) in [5.74, 6) is -1.90. The van der Waals surface area contributed by atoms with Crippen LogP contribution < -0.4 is 5.32 Å². The molecule has 0 aliphatic heterocycles. The Kier molecular flexibility index (Phi) is 4.57. The maximum atomic E-state index is 11.6. The first-order valence-corrected chi connectivity index (χ1v) is 5.64. The van der Waals surface area contributed by atoms with Gasteiger partial charge >= 0.3 is 5.97 Å². The second-order valence-corrected chi connectivity index (χ2v) is 4.57. The van der Waals surface area contributed by atoms with E-state index in [1.165, 1.54) is 12.3 Å². The number of H-pyrrole nitrogens is 1. The zero-order valence-electron chi connectivity index (χ0n) is 9.66. The molecule has 17 heavy (non-hydrogen) atoms. The Hall–Kier alpha value is -1.49. The van der Waals surface area contributed by atoms with E-state index < -0.39 is 11.9 Å². The molecule has 5 nitrogen and oxygen atoms in total. The standard InChI is InChI=1S/C11H15ClN2O3/c1-6(2)8(11(16)17)5-14-10(15)9-3-7(12)4-13-9/h3-4,6,8,13H,5H2,1-2H3,(H,14,15)(H,16,17). The number of nitrogens with one attached hydrogen (secondary N) is 2. The van der Waals surface area contributed by atoms with E-state index in [0.29, 0.717) is 10.7 Å². The Morgan fingerprint density at radius 2 is 2.18 bits per heavy atom. The van der Waals surface area contributed by atoms with Crippen molar-refractivity contribution in [3.05, 3.63) is 23.0 Å². The lowest BCUT2D eigenvalue weighted by atomic mass is 9.96. The molecule has 0 saturated heterocycles. The molecule has 0 aliphatic carbocycles. The van der Waals surface area contributed by atoms with Crippen LogP contribution in [-0.2, 0) is 4.79 Å². The summed E-state index contributed by atoms with van der Waals surface area (Å²) in [4.78, 5) is 25.2. The van der Waals surface area contributed by atoms with Crippen LogP contribution in [0.15, 0.2) is 12.3 Å². The molecule has 1 aromatic heterocycles. The largest absolute Gasteiger partial charge is 0.481 e. The molecule has 6 heteroatoms. The highest BCUT2D eigenvalue weighted by atomic mass is 35.5. The van der Waals surface area contributed by atoms with Crippen molar-refractivity contribution in [2.45, 2.75) is 13.8 Å². The number of carboxylic acid groups (broad SMARTS) is 1. The fourth-order valence-corrected chi connectivity index (χ4v) is 1.57. The smallest absolute Gasteiger partial charge is 0.308 e. The third kappa shape index (κ3) is 3.78. The minimum Gasteiger partial charge on any atom is -0.481 e. The molecular formula is C11H15ClN2O3. The van der Waals surface area contributed by atoms with Crippen LogP contribution in [0.5, 0.6) is 0 Å². The molecular weight excluding hydrogens is 244 g/mol. The summed E-state index contributed by atoms with van der Waals surface area (Å²) >= 11 is 5.66. The maximum Gasteiger partial charge on any atom is 0.308 e. The summed E-state index contributed by atoms with van der Waals surface area (Å²) in [6.45, 7) is 3.70. The number of amides is 1. The van der Waals surface area contributed by atoms with Crippen molar-refractivity contribution in [1.82, 2.24) is 10.3 Å². The number of carbonyl (C=O) groups is 2. The van der Waals surface area contributed by atoms with Crippen molar-refractivity contribution in [3.63, 3.8) is 0 Å². The highest BCUT2D eigenvalue weighted by Gasteiger charge is 2.22. The number of hydrogen-bond donors (Lipinski definition) is 3. The molecule has 94 valence electrons. The number of halogens is 1. The van der Waals surface area contributed by atoms with Crippen LogP contribution in [0.1, 0.15) is 24.3 Å². The molecule has 1 amide bonds. The van der Waals surface area contributed by atoms with E-state index in [0.717, 1.165) is 0 Å². The summed E-state index contributed by atoms with van der Waals surface area (Å²) in [5, 5.41) is 12.0. The normalized spacial score (nSPS) is 12.5. The van der Waals surface area contributed by atoms with Gasteiger partial charge in [-0.3, -0.25) is 9.59 Å². The number of carbonyl (C=O) groups excluding carboxylic acids is 1. The molecule has 0 fully saturated rings. The van der Waals surface area contributed by atoms with Crippen LogP contribution in [-0.4, -0.2) is 28.5 Å². The Labute approximate surface area is 104 Å². The maximum absolute atomic E-state index is 11.6. The van der Waals surface area contributed by atoms with Crippen LogP contribution in [0.2, 0.25) is 5.02 Å². The van der Waals surface area contributed by atoms with Crippen molar-refractivity contribution in [2.75, 3.05) is 6.54 Å². The summed E-state index contributed by atoms with van der Waals surface area (Å²) in [6, 6.07) is 1.49. The lowest BCUT2D eigenvalue weighted by molar-refractivity contribution is -0.142. The molecule has 0 aromatic carbocycles. The van der Waals surface area contributed by atoms with Gasteiger partial charge in [-0.05, 0) is 12.0 Å².